The second-order valence-corrected chi connectivity index (χ2v) is 7.34. The summed E-state index contributed by atoms with van der Waals surface area (Å²) in [5.74, 6) is 1.20. The number of carbonyl (C=O) groups is 1. The molecule has 0 radical (unpaired) electrons. The minimum absolute atomic E-state index is 0.0198. The van der Waals surface area contributed by atoms with E-state index in [1.165, 1.54) is 0 Å². The first kappa shape index (κ1) is 18.2. The highest BCUT2D eigenvalue weighted by Gasteiger charge is 2.36. The van der Waals surface area contributed by atoms with Gasteiger partial charge in [-0.2, -0.15) is 0 Å². The van der Waals surface area contributed by atoms with Crippen molar-refractivity contribution in [1.82, 2.24) is 19.8 Å². The average molecular weight is 370 g/mol. The van der Waals surface area contributed by atoms with Gasteiger partial charge >= 0.3 is 0 Å². The molecule has 2 aliphatic heterocycles. The van der Waals surface area contributed by atoms with E-state index in [2.05, 4.69) is 14.9 Å². The van der Waals surface area contributed by atoms with Crippen molar-refractivity contribution in [3.63, 3.8) is 0 Å². The minimum atomic E-state index is 0.0198. The quantitative estimate of drug-likeness (QED) is 0.823. The lowest BCUT2D eigenvalue weighted by atomic mass is 9.96. The number of likely N-dealkylation sites (tertiary alicyclic amines) is 1. The van der Waals surface area contributed by atoms with E-state index in [4.69, 9.17) is 4.74 Å². The van der Waals surface area contributed by atoms with Crippen molar-refractivity contribution in [2.75, 3.05) is 52.5 Å². The highest BCUT2D eigenvalue weighted by atomic mass is 16.5. The van der Waals surface area contributed by atoms with Crippen LogP contribution in [-0.4, -0.2) is 83.3 Å². The zero-order chi connectivity index (χ0) is 18.6. The molecule has 7 nitrogen and oxygen atoms in total. The molecule has 2 aromatic rings. The Morgan fingerprint density at radius 2 is 2.07 bits per heavy atom. The van der Waals surface area contributed by atoms with Gasteiger partial charge in [-0.1, -0.05) is 12.1 Å². The SMILES string of the molecule is O=C(c1cccc(-c2ncc[nH]2)c1)N1C[C@@H](CO)[C@@H](CN2CCOCC2)C1. The van der Waals surface area contributed by atoms with Crippen molar-refractivity contribution >= 4 is 5.91 Å². The summed E-state index contributed by atoms with van der Waals surface area (Å²) in [6.45, 7) is 5.69. The second-order valence-electron chi connectivity index (χ2n) is 7.34. The molecule has 144 valence electrons. The van der Waals surface area contributed by atoms with Gasteiger partial charge in [-0.25, -0.2) is 4.98 Å². The molecule has 3 heterocycles. The molecule has 0 bridgehead atoms. The third-order valence-electron chi connectivity index (χ3n) is 5.58. The van der Waals surface area contributed by atoms with Crippen molar-refractivity contribution in [1.29, 1.82) is 0 Å². The van der Waals surface area contributed by atoms with Gasteiger partial charge in [-0.3, -0.25) is 9.69 Å². The Labute approximate surface area is 159 Å². The number of H-pyrrole nitrogens is 1. The van der Waals surface area contributed by atoms with Gasteiger partial charge in [0.15, 0.2) is 0 Å². The Kier molecular flexibility index (Phi) is 5.52. The van der Waals surface area contributed by atoms with Crippen LogP contribution in [0.2, 0.25) is 0 Å². The van der Waals surface area contributed by atoms with E-state index in [1.807, 2.05) is 29.2 Å². The van der Waals surface area contributed by atoms with Crippen molar-refractivity contribution in [3.05, 3.63) is 42.2 Å². The van der Waals surface area contributed by atoms with E-state index in [0.29, 0.717) is 24.6 Å². The highest BCUT2D eigenvalue weighted by molar-refractivity contribution is 5.95. The van der Waals surface area contributed by atoms with Gasteiger partial charge in [-0.05, 0) is 18.1 Å². The summed E-state index contributed by atoms with van der Waals surface area (Å²) in [4.78, 5) is 24.6. The fourth-order valence-electron chi connectivity index (χ4n) is 4.04. The van der Waals surface area contributed by atoms with Gasteiger partial charge in [0.2, 0.25) is 0 Å². The highest BCUT2D eigenvalue weighted by Crippen LogP contribution is 2.27. The number of ether oxygens (including phenoxy) is 1. The van der Waals surface area contributed by atoms with Crippen LogP contribution >= 0.6 is 0 Å². The number of aliphatic hydroxyl groups excluding tert-OH is 1. The van der Waals surface area contributed by atoms with Crippen molar-refractivity contribution in [3.8, 4) is 11.4 Å². The molecule has 2 N–H and O–H groups in total. The summed E-state index contributed by atoms with van der Waals surface area (Å²) in [7, 11) is 0. The molecule has 2 fully saturated rings. The summed E-state index contributed by atoms with van der Waals surface area (Å²) >= 11 is 0. The minimum Gasteiger partial charge on any atom is -0.396 e. The molecular formula is C20H26N4O3. The smallest absolute Gasteiger partial charge is 0.253 e. The number of aliphatic hydroxyl groups is 1. The molecule has 27 heavy (non-hydrogen) atoms. The van der Waals surface area contributed by atoms with Gasteiger partial charge in [0.1, 0.15) is 5.82 Å². The monoisotopic (exact) mass is 370 g/mol. The number of nitrogens with zero attached hydrogens (tertiary/aromatic N) is 3. The number of morpholine rings is 1. The summed E-state index contributed by atoms with van der Waals surface area (Å²) in [5, 5.41) is 9.81. The molecule has 0 unspecified atom stereocenters. The number of carbonyl (C=O) groups excluding carboxylic acids is 1. The standard InChI is InChI=1S/C20H26N4O3/c25-14-18-13-24(12-17(18)11-23-6-8-27-9-7-23)20(26)16-3-1-2-15(10-16)19-21-4-5-22-19/h1-5,10,17-18,25H,6-9,11-14H2,(H,21,22)/t17-,18-/m0/s1. The molecular weight excluding hydrogens is 344 g/mol. The van der Waals surface area contributed by atoms with E-state index < -0.39 is 0 Å². The number of benzene rings is 1. The Balaban J connectivity index is 1.45. The van der Waals surface area contributed by atoms with Gasteiger partial charge in [0.25, 0.3) is 5.91 Å². The first-order valence-corrected chi connectivity index (χ1v) is 9.54. The molecule has 0 aliphatic carbocycles. The van der Waals surface area contributed by atoms with Gasteiger partial charge in [0, 0.05) is 68.8 Å². The molecule has 2 atom stereocenters. The maximum atomic E-state index is 13.0. The molecule has 0 saturated carbocycles. The van der Waals surface area contributed by atoms with E-state index in [-0.39, 0.29) is 18.4 Å². The Hall–Kier alpha value is -2.22. The first-order chi connectivity index (χ1) is 13.2. The lowest BCUT2D eigenvalue weighted by Crippen LogP contribution is -2.41. The maximum absolute atomic E-state index is 13.0. The zero-order valence-electron chi connectivity index (χ0n) is 15.4. The van der Waals surface area contributed by atoms with E-state index in [1.54, 1.807) is 12.4 Å². The normalized spacial score (nSPS) is 23.7. The third kappa shape index (κ3) is 4.05. The summed E-state index contributed by atoms with van der Waals surface area (Å²) < 4.78 is 5.41. The Bertz CT molecular complexity index is 758. The van der Waals surface area contributed by atoms with Gasteiger partial charge < -0.3 is 19.7 Å². The Morgan fingerprint density at radius 1 is 1.26 bits per heavy atom. The van der Waals surface area contributed by atoms with Crippen LogP contribution in [0.25, 0.3) is 11.4 Å². The molecule has 0 spiro atoms. The molecule has 1 aromatic carbocycles. The molecule has 1 aromatic heterocycles. The zero-order valence-corrected chi connectivity index (χ0v) is 15.4. The Morgan fingerprint density at radius 3 is 2.81 bits per heavy atom. The average Bonchev–Trinajstić information content (AvgIpc) is 3.38. The van der Waals surface area contributed by atoms with E-state index in [0.717, 1.165) is 44.2 Å². The van der Waals surface area contributed by atoms with Crippen LogP contribution < -0.4 is 0 Å². The number of amides is 1. The number of imidazole rings is 1. The predicted molar refractivity (Wildman–Crippen MR) is 101 cm³/mol. The van der Waals surface area contributed by atoms with Gasteiger partial charge in [0.05, 0.1) is 13.2 Å². The predicted octanol–water partition coefficient (Wildman–Crippen LogP) is 1.09. The van der Waals surface area contributed by atoms with Crippen LogP contribution in [0.5, 0.6) is 0 Å². The van der Waals surface area contributed by atoms with Crippen LogP contribution in [0.3, 0.4) is 0 Å². The largest absolute Gasteiger partial charge is 0.396 e. The van der Waals surface area contributed by atoms with Crippen LogP contribution in [-0.2, 0) is 4.74 Å². The molecule has 1 amide bonds. The number of aromatic amines is 1. The number of aromatic nitrogens is 2. The fourth-order valence-corrected chi connectivity index (χ4v) is 4.04. The van der Waals surface area contributed by atoms with Crippen LogP contribution in [0.15, 0.2) is 36.7 Å². The lowest BCUT2D eigenvalue weighted by Gasteiger charge is -2.30. The van der Waals surface area contributed by atoms with Gasteiger partial charge in [-0.15, -0.1) is 0 Å². The number of hydrogen-bond donors (Lipinski definition) is 2. The van der Waals surface area contributed by atoms with Crippen molar-refractivity contribution < 1.29 is 14.6 Å². The molecule has 2 aliphatic rings. The number of hydrogen-bond acceptors (Lipinski definition) is 5. The van der Waals surface area contributed by atoms with Crippen LogP contribution in [0.1, 0.15) is 10.4 Å². The lowest BCUT2D eigenvalue weighted by molar-refractivity contribution is 0.0264. The second kappa shape index (κ2) is 8.21. The van der Waals surface area contributed by atoms with E-state index in [9.17, 15) is 9.90 Å². The summed E-state index contributed by atoms with van der Waals surface area (Å²) in [6.07, 6.45) is 3.47. The van der Waals surface area contributed by atoms with E-state index >= 15 is 0 Å². The molecule has 4 rings (SSSR count). The first-order valence-electron chi connectivity index (χ1n) is 9.54. The number of rotatable bonds is 5. The fraction of sp³-hybridized carbons (Fsp3) is 0.500. The summed E-state index contributed by atoms with van der Waals surface area (Å²) in [5.41, 5.74) is 1.56. The molecule has 2 saturated heterocycles. The maximum Gasteiger partial charge on any atom is 0.253 e. The van der Waals surface area contributed by atoms with Crippen molar-refractivity contribution in [2.45, 2.75) is 0 Å². The van der Waals surface area contributed by atoms with Crippen LogP contribution in [0.4, 0.5) is 0 Å². The summed E-state index contributed by atoms with van der Waals surface area (Å²) in [6, 6.07) is 7.55. The third-order valence-corrected chi connectivity index (χ3v) is 5.58. The molecule has 7 heteroatoms. The topological polar surface area (TPSA) is 81.7 Å². The van der Waals surface area contributed by atoms with Crippen LogP contribution in [0, 0.1) is 11.8 Å². The van der Waals surface area contributed by atoms with Crippen molar-refractivity contribution in [2.24, 2.45) is 11.8 Å². The number of nitrogens with one attached hydrogen (secondary N) is 1.